The van der Waals surface area contributed by atoms with Gasteiger partial charge in [0, 0.05) is 23.7 Å². The van der Waals surface area contributed by atoms with Gasteiger partial charge in [0.15, 0.2) is 0 Å². The summed E-state index contributed by atoms with van der Waals surface area (Å²) < 4.78 is 4.57. The lowest BCUT2D eigenvalue weighted by molar-refractivity contribution is -0.384. The number of nitro groups is 1. The van der Waals surface area contributed by atoms with E-state index >= 15 is 0 Å². The van der Waals surface area contributed by atoms with E-state index in [1.807, 2.05) is 0 Å². The number of nitro benzene ring substituents is 1. The molecule has 0 saturated heterocycles. The summed E-state index contributed by atoms with van der Waals surface area (Å²) in [4.78, 5) is 24.4. The lowest BCUT2D eigenvalue weighted by Crippen LogP contribution is -2.02. The van der Waals surface area contributed by atoms with Crippen molar-refractivity contribution in [3.8, 4) is 0 Å². The number of H-pyrrole nitrogens is 1. The molecule has 0 fully saturated rings. The molecule has 0 aliphatic heterocycles. The Balaban J connectivity index is 2.73. The zero-order valence-corrected chi connectivity index (χ0v) is 8.39. The Kier molecular flexibility index (Phi) is 2.32. The minimum Gasteiger partial charge on any atom is -0.465 e. The minimum atomic E-state index is -0.590. The monoisotopic (exact) mass is 220 g/mol. The molecule has 0 amide bonds. The molecule has 0 spiro atoms. The molecule has 1 aromatic heterocycles. The van der Waals surface area contributed by atoms with E-state index in [2.05, 4.69) is 9.72 Å². The highest BCUT2D eigenvalue weighted by Crippen LogP contribution is 2.24. The molecule has 16 heavy (non-hydrogen) atoms. The number of benzene rings is 1. The Morgan fingerprint density at radius 1 is 1.50 bits per heavy atom. The van der Waals surface area contributed by atoms with Gasteiger partial charge in [0.2, 0.25) is 0 Å². The van der Waals surface area contributed by atoms with Crippen molar-refractivity contribution in [2.75, 3.05) is 7.11 Å². The van der Waals surface area contributed by atoms with Crippen LogP contribution in [0, 0.1) is 10.1 Å². The number of non-ortho nitro benzene ring substituents is 1. The zero-order valence-electron chi connectivity index (χ0n) is 8.39. The number of ether oxygens (including phenoxy) is 1. The van der Waals surface area contributed by atoms with Gasteiger partial charge in [0.05, 0.1) is 23.1 Å². The normalized spacial score (nSPS) is 10.3. The van der Waals surface area contributed by atoms with Crippen LogP contribution >= 0.6 is 0 Å². The topological polar surface area (TPSA) is 85.2 Å². The first kappa shape index (κ1) is 10.2. The van der Waals surface area contributed by atoms with Crippen LogP contribution in [0.2, 0.25) is 0 Å². The van der Waals surface area contributed by atoms with Crippen molar-refractivity contribution in [3.05, 3.63) is 40.1 Å². The van der Waals surface area contributed by atoms with Gasteiger partial charge in [-0.3, -0.25) is 10.1 Å². The van der Waals surface area contributed by atoms with E-state index in [0.717, 1.165) is 0 Å². The van der Waals surface area contributed by atoms with E-state index in [-0.39, 0.29) is 11.3 Å². The highest BCUT2D eigenvalue weighted by molar-refractivity contribution is 6.04. The van der Waals surface area contributed by atoms with Crippen molar-refractivity contribution >= 4 is 22.6 Å². The average molecular weight is 220 g/mol. The molecule has 2 aromatic rings. The third-order valence-corrected chi connectivity index (χ3v) is 2.27. The van der Waals surface area contributed by atoms with Gasteiger partial charge >= 0.3 is 5.97 Å². The first-order valence-corrected chi connectivity index (χ1v) is 4.47. The molecular weight excluding hydrogens is 212 g/mol. The van der Waals surface area contributed by atoms with Crippen LogP contribution in [0.3, 0.4) is 0 Å². The van der Waals surface area contributed by atoms with E-state index in [4.69, 9.17) is 0 Å². The number of rotatable bonds is 2. The SMILES string of the molecule is COC(=O)c1cc([N+](=O)[O-])cc2[nH]ccc12. The molecule has 0 bridgehead atoms. The fraction of sp³-hybridized carbons (Fsp3) is 0.100. The van der Waals surface area contributed by atoms with Gasteiger partial charge in [-0.05, 0) is 6.07 Å². The highest BCUT2D eigenvalue weighted by atomic mass is 16.6. The average Bonchev–Trinajstić information content (AvgIpc) is 2.74. The Morgan fingerprint density at radius 2 is 2.25 bits per heavy atom. The number of nitrogens with zero attached hydrogens (tertiary/aromatic N) is 1. The number of fused-ring (bicyclic) bond motifs is 1. The smallest absolute Gasteiger partial charge is 0.338 e. The van der Waals surface area contributed by atoms with Gasteiger partial charge in [-0.15, -0.1) is 0 Å². The van der Waals surface area contributed by atoms with Crippen LogP contribution < -0.4 is 0 Å². The Hall–Kier alpha value is -2.37. The van der Waals surface area contributed by atoms with Gasteiger partial charge in [-0.2, -0.15) is 0 Å². The third-order valence-electron chi connectivity index (χ3n) is 2.27. The molecule has 6 heteroatoms. The molecule has 0 unspecified atom stereocenters. The van der Waals surface area contributed by atoms with Crippen LogP contribution in [-0.2, 0) is 4.74 Å². The largest absolute Gasteiger partial charge is 0.465 e. The van der Waals surface area contributed by atoms with E-state index in [1.54, 1.807) is 12.3 Å². The standard InChI is InChI=1S/C10H8N2O4/c1-16-10(13)8-4-6(12(14)15)5-9-7(8)2-3-11-9/h2-5,11H,1H3. The van der Waals surface area contributed by atoms with Crippen molar-refractivity contribution < 1.29 is 14.5 Å². The van der Waals surface area contributed by atoms with Crippen LogP contribution in [0.4, 0.5) is 5.69 Å². The molecule has 6 nitrogen and oxygen atoms in total. The predicted octanol–water partition coefficient (Wildman–Crippen LogP) is 1.86. The van der Waals surface area contributed by atoms with Crippen LogP contribution in [-0.4, -0.2) is 23.0 Å². The Morgan fingerprint density at radius 3 is 2.88 bits per heavy atom. The molecule has 1 heterocycles. The van der Waals surface area contributed by atoms with Crippen LogP contribution in [0.5, 0.6) is 0 Å². The maximum atomic E-state index is 11.4. The lowest BCUT2D eigenvalue weighted by atomic mass is 10.1. The molecule has 1 aromatic carbocycles. The van der Waals surface area contributed by atoms with Crippen molar-refractivity contribution in [1.29, 1.82) is 0 Å². The van der Waals surface area contributed by atoms with E-state index in [1.165, 1.54) is 19.2 Å². The van der Waals surface area contributed by atoms with Gasteiger partial charge in [-0.1, -0.05) is 0 Å². The summed E-state index contributed by atoms with van der Waals surface area (Å²) in [7, 11) is 1.24. The number of methoxy groups -OCH3 is 1. The van der Waals surface area contributed by atoms with Crippen molar-refractivity contribution in [3.63, 3.8) is 0 Å². The van der Waals surface area contributed by atoms with E-state index in [9.17, 15) is 14.9 Å². The number of nitrogens with one attached hydrogen (secondary N) is 1. The second kappa shape index (κ2) is 3.65. The summed E-state index contributed by atoms with van der Waals surface area (Å²) in [5.74, 6) is -0.590. The fourth-order valence-corrected chi connectivity index (χ4v) is 1.54. The molecule has 2 rings (SSSR count). The second-order valence-electron chi connectivity index (χ2n) is 3.18. The summed E-state index contributed by atoms with van der Waals surface area (Å²) in [6.45, 7) is 0. The molecule has 0 atom stereocenters. The summed E-state index contributed by atoms with van der Waals surface area (Å²) in [6.07, 6.45) is 1.61. The van der Waals surface area contributed by atoms with Gasteiger partial charge in [0.25, 0.3) is 5.69 Å². The maximum Gasteiger partial charge on any atom is 0.338 e. The number of carbonyl (C=O) groups is 1. The van der Waals surface area contributed by atoms with Crippen LogP contribution in [0.1, 0.15) is 10.4 Å². The fourth-order valence-electron chi connectivity index (χ4n) is 1.54. The Bertz CT molecular complexity index is 573. The van der Waals surface area contributed by atoms with Gasteiger partial charge in [-0.25, -0.2) is 4.79 Å². The molecular formula is C10H8N2O4. The molecule has 0 aliphatic rings. The number of hydrogen-bond donors (Lipinski definition) is 1. The van der Waals surface area contributed by atoms with Crippen LogP contribution in [0.15, 0.2) is 24.4 Å². The lowest BCUT2D eigenvalue weighted by Gasteiger charge is -2.01. The first-order valence-electron chi connectivity index (χ1n) is 4.47. The molecule has 82 valence electrons. The summed E-state index contributed by atoms with van der Waals surface area (Å²) >= 11 is 0. The quantitative estimate of drug-likeness (QED) is 0.475. The summed E-state index contributed by atoms with van der Waals surface area (Å²) in [5, 5.41) is 11.3. The van der Waals surface area contributed by atoms with Gasteiger partial charge in [0.1, 0.15) is 0 Å². The van der Waals surface area contributed by atoms with Gasteiger partial charge < -0.3 is 9.72 Å². The number of aromatic amines is 1. The summed E-state index contributed by atoms with van der Waals surface area (Å²) in [5.41, 5.74) is 0.581. The number of esters is 1. The molecule has 0 saturated carbocycles. The van der Waals surface area contributed by atoms with Crippen molar-refractivity contribution in [2.45, 2.75) is 0 Å². The minimum absolute atomic E-state index is 0.143. The maximum absolute atomic E-state index is 11.4. The van der Waals surface area contributed by atoms with Crippen molar-refractivity contribution in [2.24, 2.45) is 0 Å². The summed E-state index contributed by atoms with van der Waals surface area (Å²) in [6, 6.07) is 4.26. The number of hydrogen-bond acceptors (Lipinski definition) is 4. The number of carbonyl (C=O) groups excluding carboxylic acids is 1. The second-order valence-corrected chi connectivity index (χ2v) is 3.18. The molecule has 1 N–H and O–H groups in total. The third kappa shape index (κ3) is 1.50. The Labute approximate surface area is 90.0 Å². The molecule has 0 aliphatic carbocycles. The van der Waals surface area contributed by atoms with E-state index < -0.39 is 10.9 Å². The predicted molar refractivity (Wildman–Crippen MR) is 56.3 cm³/mol. The number of aromatic nitrogens is 1. The van der Waals surface area contributed by atoms with Crippen LogP contribution in [0.25, 0.3) is 10.9 Å². The molecule has 0 radical (unpaired) electrons. The first-order chi connectivity index (χ1) is 7.63. The van der Waals surface area contributed by atoms with Crippen molar-refractivity contribution in [1.82, 2.24) is 4.98 Å². The highest BCUT2D eigenvalue weighted by Gasteiger charge is 2.17. The zero-order chi connectivity index (χ0) is 11.7. The van der Waals surface area contributed by atoms with E-state index in [0.29, 0.717) is 10.9 Å².